The summed E-state index contributed by atoms with van der Waals surface area (Å²) in [6.07, 6.45) is 2.32. The Morgan fingerprint density at radius 2 is 1.77 bits per heavy atom. The molecule has 3 aliphatic heterocycles. The molecule has 0 aliphatic carbocycles. The number of hydrogen-bond acceptors (Lipinski definition) is 5. The summed E-state index contributed by atoms with van der Waals surface area (Å²) in [6, 6.07) is 14.0. The number of carbonyl (C=O) groups excluding carboxylic acids is 4. The number of nitrogens with zero attached hydrogens (tertiary/aromatic N) is 3. The van der Waals surface area contributed by atoms with E-state index in [1.165, 1.54) is 0 Å². The molecule has 1 unspecified atom stereocenters. The van der Waals surface area contributed by atoms with Crippen molar-refractivity contribution in [3.05, 3.63) is 59.3 Å². The minimum Gasteiger partial charge on any atom is -0.378 e. The molecular weight excluding hydrogens is 508 g/mol. The molecule has 2 saturated heterocycles. The van der Waals surface area contributed by atoms with Crippen LogP contribution < -0.4 is 5.32 Å². The molecule has 0 radical (unpaired) electrons. The van der Waals surface area contributed by atoms with Crippen molar-refractivity contribution in [2.45, 2.75) is 45.6 Å². The van der Waals surface area contributed by atoms with Crippen molar-refractivity contribution in [3.8, 4) is 0 Å². The summed E-state index contributed by atoms with van der Waals surface area (Å²) in [5.74, 6) is -0.907. The van der Waals surface area contributed by atoms with E-state index in [2.05, 4.69) is 5.32 Å². The quantitative estimate of drug-likeness (QED) is 0.522. The third kappa shape index (κ3) is 6.20. The van der Waals surface area contributed by atoms with Gasteiger partial charge < -0.3 is 24.8 Å². The summed E-state index contributed by atoms with van der Waals surface area (Å²) in [5.41, 5.74) is 2.26. The van der Waals surface area contributed by atoms with Gasteiger partial charge in [0, 0.05) is 63.4 Å². The highest BCUT2D eigenvalue weighted by atomic mass is 16.5. The van der Waals surface area contributed by atoms with Crippen molar-refractivity contribution < 1.29 is 23.9 Å². The predicted octanol–water partition coefficient (Wildman–Crippen LogP) is 2.84. The van der Waals surface area contributed by atoms with Crippen LogP contribution in [0.25, 0.3) is 10.8 Å². The topological polar surface area (TPSA) is 99.3 Å². The highest BCUT2D eigenvalue weighted by Gasteiger charge is 2.38. The summed E-state index contributed by atoms with van der Waals surface area (Å²) in [6.45, 7) is 5.93. The molecule has 1 atom stereocenters. The van der Waals surface area contributed by atoms with Crippen LogP contribution in [-0.4, -0.2) is 84.3 Å². The zero-order chi connectivity index (χ0) is 28.1. The molecule has 0 aromatic heterocycles. The van der Waals surface area contributed by atoms with Crippen LogP contribution in [0.5, 0.6) is 0 Å². The summed E-state index contributed by atoms with van der Waals surface area (Å²) < 4.78 is 5.42. The number of allylic oxidation sites excluding steroid dienone is 1. The van der Waals surface area contributed by atoms with E-state index in [-0.39, 0.29) is 36.5 Å². The number of ether oxygens (including phenoxy) is 1. The zero-order valence-electron chi connectivity index (χ0n) is 23.2. The van der Waals surface area contributed by atoms with Gasteiger partial charge in [0.25, 0.3) is 5.91 Å². The van der Waals surface area contributed by atoms with E-state index in [1.54, 1.807) is 9.80 Å². The molecule has 4 amide bonds. The van der Waals surface area contributed by atoms with Crippen molar-refractivity contribution in [1.82, 2.24) is 20.0 Å². The number of carbonyl (C=O) groups is 4. The number of hydrogen-bond donors (Lipinski definition) is 1. The van der Waals surface area contributed by atoms with E-state index in [9.17, 15) is 19.2 Å². The number of nitrogens with one attached hydrogen (secondary N) is 1. The van der Waals surface area contributed by atoms with Gasteiger partial charge in [0.05, 0.1) is 19.1 Å². The third-order valence-corrected chi connectivity index (χ3v) is 8.23. The van der Waals surface area contributed by atoms with Gasteiger partial charge in [-0.2, -0.15) is 0 Å². The molecule has 0 spiro atoms. The number of rotatable bonds is 9. The Balaban J connectivity index is 1.28. The predicted molar refractivity (Wildman–Crippen MR) is 151 cm³/mol. The Morgan fingerprint density at radius 3 is 2.55 bits per heavy atom. The first kappa shape index (κ1) is 27.8. The fraction of sp³-hybridized carbons (Fsp3) is 0.484. The lowest BCUT2D eigenvalue weighted by molar-refractivity contribution is -0.139. The van der Waals surface area contributed by atoms with Crippen LogP contribution in [0.4, 0.5) is 0 Å². The molecule has 0 bridgehead atoms. The largest absolute Gasteiger partial charge is 0.378 e. The number of benzene rings is 2. The van der Waals surface area contributed by atoms with Crippen LogP contribution in [0.15, 0.2) is 53.7 Å². The fourth-order valence-electron chi connectivity index (χ4n) is 5.96. The first-order valence-corrected chi connectivity index (χ1v) is 14.3. The van der Waals surface area contributed by atoms with E-state index in [1.807, 2.05) is 54.3 Å². The van der Waals surface area contributed by atoms with Crippen molar-refractivity contribution in [1.29, 1.82) is 0 Å². The molecule has 5 rings (SSSR count). The maximum atomic E-state index is 13.6. The molecule has 2 aromatic carbocycles. The molecule has 212 valence electrons. The molecule has 40 heavy (non-hydrogen) atoms. The Morgan fingerprint density at radius 1 is 1.00 bits per heavy atom. The van der Waals surface area contributed by atoms with Crippen LogP contribution in [-0.2, 0) is 30.5 Å². The van der Waals surface area contributed by atoms with Gasteiger partial charge in [0.15, 0.2) is 0 Å². The SMILES string of the molecule is CC1=C(C(=O)N2CCOCC2)CC(CC(=O)NCc2cccc3ccccc23)C(=O)N1CCCN1CCCC1=O. The van der Waals surface area contributed by atoms with Gasteiger partial charge in [-0.05, 0) is 42.5 Å². The summed E-state index contributed by atoms with van der Waals surface area (Å²) >= 11 is 0. The van der Waals surface area contributed by atoms with Crippen LogP contribution in [0.3, 0.4) is 0 Å². The Labute approximate surface area is 235 Å². The summed E-state index contributed by atoms with van der Waals surface area (Å²) in [7, 11) is 0. The van der Waals surface area contributed by atoms with Crippen molar-refractivity contribution in [2.75, 3.05) is 45.9 Å². The van der Waals surface area contributed by atoms with Crippen LogP contribution >= 0.6 is 0 Å². The lowest BCUT2D eigenvalue weighted by Crippen LogP contribution is -2.47. The average molecular weight is 547 g/mol. The highest BCUT2D eigenvalue weighted by molar-refractivity contribution is 5.98. The maximum Gasteiger partial charge on any atom is 0.251 e. The second-order valence-electron chi connectivity index (χ2n) is 10.8. The van der Waals surface area contributed by atoms with Crippen LogP contribution in [0, 0.1) is 5.92 Å². The second kappa shape index (κ2) is 12.6. The Bertz CT molecular complexity index is 1310. The standard InChI is InChI=1S/C31H38N4O5/c1-22-27(31(39)34-15-17-40-18-16-34)19-25(30(38)35(22)14-6-13-33-12-5-11-29(33)37)20-28(36)32-21-24-9-4-8-23-7-2-3-10-26(23)24/h2-4,7-10,25H,5-6,11-21H2,1H3,(H,32,36). The molecule has 3 aliphatic rings. The lowest BCUT2D eigenvalue weighted by Gasteiger charge is -2.37. The lowest BCUT2D eigenvalue weighted by atomic mass is 9.88. The van der Waals surface area contributed by atoms with Gasteiger partial charge in [-0.25, -0.2) is 0 Å². The van der Waals surface area contributed by atoms with Crippen molar-refractivity contribution in [2.24, 2.45) is 5.92 Å². The molecule has 1 N–H and O–H groups in total. The number of amides is 4. The molecule has 2 aromatic rings. The van der Waals surface area contributed by atoms with Gasteiger partial charge >= 0.3 is 0 Å². The van der Waals surface area contributed by atoms with Gasteiger partial charge in [0.2, 0.25) is 17.7 Å². The molecule has 0 saturated carbocycles. The number of likely N-dealkylation sites (tertiary alicyclic amines) is 1. The highest BCUT2D eigenvalue weighted by Crippen LogP contribution is 2.31. The molecule has 9 heteroatoms. The van der Waals surface area contributed by atoms with Gasteiger partial charge in [-0.3, -0.25) is 19.2 Å². The molecule has 2 fully saturated rings. The second-order valence-corrected chi connectivity index (χ2v) is 10.8. The van der Waals surface area contributed by atoms with E-state index < -0.39 is 5.92 Å². The third-order valence-electron chi connectivity index (χ3n) is 8.23. The molecular formula is C31H38N4O5. The van der Waals surface area contributed by atoms with Gasteiger partial charge in [-0.1, -0.05) is 42.5 Å². The summed E-state index contributed by atoms with van der Waals surface area (Å²) in [5, 5.41) is 5.18. The maximum absolute atomic E-state index is 13.6. The zero-order valence-corrected chi connectivity index (χ0v) is 23.2. The Hall–Kier alpha value is -3.72. The summed E-state index contributed by atoms with van der Waals surface area (Å²) in [4.78, 5) is 57.6. The van der Waals surface area contributed by atoms with Crippen LogP contribution in [0.2, 0.25) is 0 Å². The minimum atomic E-state index is -0.621. The number of morpholine rings is 1. The van der Waals surface area contributed by atoms with Crippen LogP contribution in [0.1, 0.15) is 44.6 Å². The first-order chi connectivity index (χ1) is 19.4. The van der Waals surface area contributed by atoms with E-state index in [0.29, 0.717) is 70.0 Å². The molecule has 9 nitrogen and oxygen atoms in total. The average Bonchev–Trinajstić information content (AvgIpc) is 3.39. The normalized spacial score (nSPS) is 20.0. The van der Waals surface area contributed by atoms with Crippen molar-refractivity contribution >= 4 is 34.4 Å². The van der Waals surface area contributed by atoms with Gasteiger partial charge in [0.1, 0.15) is 0 Å². The Kier molecular flexibility index (Phi) is 8.79. The first-order valence-electron chi connectivity index (χ1n) is 14.3. The smallest absolute Gasteiger partial charge is 0.251 e. The van der Waals surface area contributed by atoms with E-state index >= 15 is 0 Å². The van der Waals surface area contributed by atoms with E-state index in [0.717, 1.165) is 29.3 Å². The van der Waals surface area contributed by atoms with Crippen molar-refractivity contribution in [3.63, 3.8) is 0 Å². The molecule has 3 heterocycles. The fourth-order valence-corrected chi connectivity index (χ4v) is 5.96. The van der Waals surface area contributed by atoms with Gasteiger partial charge in [-0.15, -0.1) is 0 Å². The monoisotopic (exact) mass is 546 g/mol. The number of fused-ring (bicyclic) bond motifs is 1. The minimum absolute atomic E-state index is 0.0118. The van der Waals surface area contributed by atoms with E-state index in [4.69, 9.17) is 4.74 Å².